The molecule has 0 atom stereocenters. The van der Waals surface area contributed by atoms with Crippen molar-refractivity contribution in [1.29, 1.82) is 0 Å². The Morgan fingerprint density at radius 3 is 2.50 bits per heavy atom. The molecule has 0 aliphatic heterocycles. The Morgan fingerprint density at radius 1 is 1.75 bits per heavy atom. The lowest BCUT2D eigenvalue weighted by Gasteiger charge is -1.86. The number of aryl methyl sites for hydroxylation is 1. The fourth-order valence-corrected chi connectivity index (χ4v) is 0.491. The predicted molar refractivity (Wildman–Crippen MR) is 40.8 cm³/mol. The van der Waals surface area contributed by atoms with Gasteiger partial charge in [0.15, 0.2) is 5.16 Å². The van der Waals surface area contributed by atoms with E-state index >= 15 is 0 Å². The largest absolute Gasteiger partial charge is 0.329 e. The molecule has 1 rings (SSSR count). The maximum atomic E-state index is 4.00. The highest BCUT2D eigenvalue weighted by Gasteiger charge is 1.85. The van der Waals surface area contributed by atoms with Crippen LogP contribution < -0.4 is 0 Å². The van der Waals surface area contributed by atoms with Crippen LogP contribution in [0.2, 0.25) is 0 Å². The fraction of sp³-hybridized carbons (Fsp3) is 0.250. The van der Waals surface area contributed by atoms with Gasteiger partial charge in [-0.15, -0.1) is 12.6 Å². The van der Waals surface area contributed by atoms with Crippen LogP contribution in [0.1, 0.15) is 0 Å². The minimum absolute atomic E-state index is 0. The fourth-order valence-electron chi connectivity index (χ4n) is 0.358. The van der Waals surface area contributed by atoms with Crippen LogP contribution in [0.15, 0.2) is 17.6 Å². The zero-order valence-electron chi connectivity index (χ0n) is 4.50. The highest BCUT2D eigenvalue weighted by molar-refractivity contribution is 7.80. The van der Waals surface area contributed by atoms with E-state index in [0.29, 0.717) is 0 Å². The van der Waals surface area contributed by atoms with E-state index in [1.165, 1.54) is 0 Å². The quantitative estimate of drug-likeness (QED) is 0.539. The molecule has 0 unspecified atom stereocenters. The van der Waals surface area contributed by atoms with Gasteiger partial charge in [-0.1, -0.05) is 0 Å². The molecule has 4 heteroatoms. The maximum Gasteiger partial charge on any atom is 0.164 e. The van der Waals surface area contributed by atoms with Crippen molar-refractivity contribution >= 4 is 26.1 Å². The average molecular weight is 148 g/mol. The Morgan fingerprint density at radius 2 is 2.38 bits per heavy atom. The van der Waals surface area contributed by atoms with Gasteiger partial charge in [-0.05, 0) is 0 Å². The van der Waals surface area contributed by atoms with Gasteiger partial charge in [0.05, 0.1) is 0 Å². The summed E-state index contributed by atoms with van der Waals surface area (Å²) in [6.07, 6.45) is 3.56. The maximum absolute atomic E-state index is 4.00. The van der Waals surface area contributed by atoms with Gasteiger partial charge in [0.25, 0.3) is 0 Å². The van der Waals surface area contributed by atoms with Crippen LogP contribution in [0.5, 0.6) is 0 Å². The number of aromatic nitrogens is 2. The first-order valence-electron chi connectivity index (χ1n) is 1.97. The van der Waals surface area contributed by atoms with E-state index in [9.17, 15) is 0 Å². The SMILES string of the molecule is Cn1ccnc1S.S. The summed E-state index contributed by atoms with van der Waals surface area (Å²) in [4.78, 5) is 3.84. The van der Waals surface area contributed by atoms with Gasteiger partial charge in [0.1, 0.15) is 0 Å². The standard InChI is InChI=1S/C4H6N2S.H2S/c1-6-3-2-5-4(6)7;/h2-3H,1H3,(H,5,7);1H2. The third kappa shape index (κ3) is 1.45. The molecule has 1 aromatic rings. The lowest BCUT2D eigenvalue weighted by atomic mass is 10.9. The van der Waals surface area contributed by atoms with Gasteiger partial charge in [-0.2, -0.15) is 13.5 Å². The highest BCUT2D eigenvalue weighted by atomic mass is 32.1. The highest BCUT2D eigenvalue weighted by Crippen LogP contribution is 1.96. The van der Waals surface area contributed by atoms with Crippen LogP contribution in [-0.4, -0.2) is 9.55 Å². The zero-order valence-corrected chi connectivity index (χ0v) is 6.39. The Bertz CT molecular complexity index is 144. The molecule has 1 heterocycles. The van der Waals surface area contributed by atoms with Crippen LogP contribution in [0.25, 0.3) is 0 Å². The second kappa shape index (κ2) is 3.04. The van der Waals surface area contributed by atoms with E-state index < -0.39 is 0 Å². The lowest BCUT2D eigenvalue weighted by molar-refractivity contribution is 0.794. The molecule has 0 saturated heterocycles. The molecular formula is C4H8N2S2. The minimum Gasteiger partial charge on any atom is -0.329 e. The lowest BCUT2D eigenvalue weighted by Crippen LogP contribution is -1.83. The molecule has 0 amide bonds. The molecule has 0 fully saturated rings. The van der Waals surface area contributed by atoms with Gasteiger partial charge in [0, 0.05) is 19.4 Å². The number of imidazole rings is 1. The third-order valence-electron chi connectivity index (χ3n) is 0.796. The zero-order chi connectivity index (χ0) is 5.28. The number of thiol groups is 1. The number of hydrogen-bond acceptors (Lipinski definition) is 2. The minimum atomic E-state index is 0. The van der Waals surface area contributed by atoms with E-state index in [-0.39, 0.29) is 13.5 Å². The summed E-state index contributed by atoms with van der Waals surface area (Å²) < 4.78 is 1.84. The summed E-state index contributed by atoms with van der Waals surface area (Å²) in [6.45, 7) is 0. The van der Waals surface area contributed by atoms with E-state index in [1.807, 2.05) is 17.8 Å². The first-order chi connectivity index (χ1) is 3.30. The normalized spacial score (nSPS) is 8.25. The number of rotatable bonds is 0. The summed E-state index contributed by atoms with van der Waals surface area (Å²) in [7, 11) is 1.90. The third-order valence-corrected chi connectivity index (χ3v) is 1.23. The Kier molecular flexibility index (Phi) is 3.01. The van der Waals surface area contributed by atoms with Gasteiger partial charge < -0.3 is 4.57 Å². The molecule has 0 radical (unpaired) electrons. The number of nitrogens with zero attached hydrogens (tertiary/aromatic N) is 2. The van der Waals surface area contributed by atoms with E-state index in [0.717, 1.165) is 5.16 Å². The molecule has 0 aromatic carbocycles. The van der Waals surface area contributed by atoms with Crippen molar-refractivity contribution in [2.75, 3.05) is 0 Å². The summed E-state index contributed by atoms with van der Waals surface area (Å²) in [6, 6.07) is 0. The van der Waals surface area contributed by atoms with Crippen LogP contribution in [0.3, 0.4) is 0 Å². The molecule has 46 valence electrons. The molecule has 8 heavy (non-hydrogen) atoms. The van der Waals surface area contributed by atoms with Crippen molar-refractivity contribution < 1.29 is 0 Å². The number of hydrogen-bond donors (Lipinski definition) is 1. The first-order valence-corrected chi connectivity index (χ1v) is 2.41. The monoisotopic (exact) mass is 148 g/mol. The molecule has 0 aliphatic carbocycles. The van der Waals surface area contributed by atoms with Crippen LogP contribution in [-0.2, 0) is 7.05 Å². The van der Waals surface area contributed by atoms with Gasteiger partial charge >= 0.3 is 0 Å². The van der Waals surface area contributed by atoms with Crippen LogP contribution >= 0.6 is 26.1 Å². The second-order valence-electron chi connectivity index (χ2n) is 1.34. The first kappa shape index (κ1) is 7.91. The molecule has 0 aliphatic rings. The van der Waals surface area contributed by atoms with Crippen molar-refractivity contribution in [3.05, 3.63) is 12.4 Å². The molecule has 0 N–H and O–H groups in total. The molecule has 2 nitrogen and oxygen atoms in total. The smallest absolute Gasteiger partial charge is 0.164 e. The van der Waals surface area contributed by atoms with Gasteiger partial charge in [-0.3, -0.25) is 0 Å². The summed E-state index contributed by atoms with van der Waals surface area (Å²) >= 11 is 4.00. The Hall–Kier alpha value is -0.0900. The average Bonchev–Trinajstić information content (AvgIpc) is 1.91. The second-order valence-corrected chi connectivity index (χ2v) is 1.74. The van der Waals surface area contributed by atoms with Crippen molar-refractivity contribution in [3.63, 3.8) is 0 Å². The molecule has 0 bridgehead atoms. The van der Waals surface area contributed by atoms with Gasteiger partial charge in [0.2, 0.25) is 0 Å². The summed E-state index contributed by atoms with van der Waals surface area (Å²) in [5.41, 5.74) is 0. The van der Waals surface area contributed by atoms with Crippen molar-refractivity contribution in [2.24, 2.45) is 7.05 Å². The molecule has 0 spiro atoms. The summed E-state index contributed by atoms with van der Waals surface area (Å²) in [5, 5.41) is 0.750. The van der Waals surface area contributed by atoms with Crippen LogP contribution in [0, 0.1) is 0 Å². The van der Waals surface area contributed by atoms with E-state index in [2.05, 4.69) is 17.6 Å². The van der Waals surface area contributed by atoms with Crippen molar-refractivity contribution in [3.8, 4) is 0 Å². The molecular weight excluding hydrogens is 140 g/mol. The van der Waals surface area contributed by atoms with Crippen LogP contribution in [0.4, 0.5) is 0 Å². The Balaban J connectivity index is 0.000000490. The predicted octanol–water partition coefficient (Wildman–Crippen LogP) is 0.822. The Labute approximate surface area is 60.8 Å². The van der Waals surface area contributed by atoms with Gasteiger partial charge in [-0.25, -0.2) is 4.98 Å². The summed E-state index contributed by atoms with van der Waals surface area (Å²) in [5.74, 6) is 0. The molecule has 0 saturated carbocycles. The van der Waals surface area contributed by atoms with Crippen molar-refractivity contribution in [1.82, 2.24) is 9.55 Å². The molecule has 1 aromatic heterocycles. The van der Waals surface area contributed by atoms with E-state index in [1.54, 1.807) is 6.20 Å². The van der Waals surface area contributed by atoms with E-state index in [4.69, 9.17) is 0 Å². The topological polar surface area (TPSA) is 17.8 Å². The van der Waals surface area contributed by atoms with Crippen molar-refractivity contribution in [2.45, 2.75) is 5.16 Å².